The smallest absolute Gasteiger partial charge is 0.332 e. The van der Waals surface area contributed by atoms with E-state index in [2.05, 4.69) is 46.4 Å². The fourth-order valence-electron chi connectivity index (χ4n) is 9.12. The highest BCUT2D eigenvalue weighted by Crippen LogP contribution is 2.26. The maximum atomic E-state index is 14.6. The second-order valence-electron chi connectivity index (χ2n) is 19.1. The van der Waals surface area contributed by atoms with Crippen LogP contribution in [0.25, 0.3) is 22.0 Å². The number of piperazine rings is 1. The number of carbonyl (C=O) groups excluding carboxylic acids is 5. The Kier molecular flexibility index (Phi) is 20.3. The Labute approximate surface area is 452 Å². The Morgan fingerprint density at radius 2 is 1.36 bits per heavy atom. The molecule has 2 heterocycles. The van der Waals surface area contributed by atoms with Gasteiger partial charge in [0.1, 0.15) is 23.9 Å². The van der Waals surface area contributed by atoms with Crippen LogP contribution in [0, 0.1) is 0 Å². The molecule has 0 bridgehead atoms. The molecule has 5 amide bonds. The number of nitrogens with one attached hydrogen (secondary N) is 6. The summed E-state index contributed by atoms with van der Waals surface area (Å²) in [5, 5.41) is 24.9. The summed E-state index contributed by atoms with van der Waals surface area (Å²) in [6.45, 7) is 3.56. The third-order valence-corrected chi connectivity index (χ3v) is 14.2. The number of phenols is 1. The van der Waals surface area contributed by atoms with Gasteiger partial charge >= 0.3 is 10.2 Å². The Balaban J connectivity index is 1.02. The van der Waals surface area contributed by atoms with Gasteiger partial charge in [-0.25, -0.2) is 0 Å². The summed E-state index contributed by atoms with van der Waals surface area (Å²) in [5.74, 6) is -3.04. The number of amides is 5. The van der Waals surface area contributed by atoms with Gasteiger partial charge in [-0.05, 0) is 115 Å². The van der Waals surface area contributed by atoms with Crippen molar-refractivity contribution in [2.45, 2.75) is 74.5 Å². The number of aromatic hydroxyl groups is 1. The Morgan fingerprint density at radius 1 is 0.705 bits per heavy atom. The number of nitrogens with zero attached hydrogens (tertiary/aromatic N) is 3. The van der Waals surface area contributed by atoms with E-state index in [1.165, 1.54) is 18.2 Å². The molecule has 0 spiro atoms. The molecule has 1 fully saturated rings. The summed E-state index contributed by atoms with van der Waals surface area (Å²) in [5.41, 5.74) is 23.0. The Bertz CT molecular complexity index is 3130. The predicted octanol–water partition coefficient (Wildman–Crippen LogP) is 3.70. The molecule has 1 aliphatic heterocycles. The molecular formula is C56H67FN12O8S. The maximum Gasteiger partial charge on any atom is 0.332 e. The van der Waals surface area contributed by atoms with Crippen molar-refractivity contribution in [1.82, 2.24) is 31.2 Å². The zero-order valence-electron chi connectivity index (χ0n) is 43.1. The van der Waals surface area contributed by atoms with Crippen molar-refractivity contribution in [3.05, 3.63) is 144 Å². The molecule has 0 saturated carbocycles. The highest BCUT2D eigenvalue weighted by Gasteiger charge is 2.31. The lowest BCUT2D eigenvalue weighted by atomic mass is 9.99. The number of aliphatic imine (C=N–C) groups is 1. The van der Waals surface area contributed by atoms with Gasteiger partial charge in [0.15, 0.2) is 5.96 Å². The average Bonchev–Trinajstić information content (AvgIpc) is 3.84. The second kappa shape index (κ2) is 27.6. The van der Waals surface area contributed by atoms with E-state index < -0.39 is 64.4 Å². The fraction of sp³-hybridized carbons (Fsp3) is 0.321. The van der Waals surface area contributed by atoms with Crippen molar-refractivity contribution in [1.29, 1.82) is 0 Å². The fourth-order valence-corrected chi connectivity index (χ4v) is 9.58. The number of fused-ring (bicyclic) bond motifs is 1. The SMILES string of the molecule is NCCCC(=O)NC(Cc1c[nH]c2ccc(O)cc12)C(=O)NC(Cc1ccc(-c2ccccc2)cc1)C(=O)NC(CCCCN=C(N)N)C(=O)NCC(=O)Nc1ccc(N2CCN(Cc3ccc(S(=O)(=O)F)cc3)CC2)cc1. The van der Waals surface area contributed by atoms with E-state index in [0.29, 0.717) is 66.6 Å². The molecule has 20 nitrogen and oxygen atoms in total. The van der Waals surface area contributed by atoms with Crippen molar-refractivity contribution >= 4 is 68.0 Å². The zero-order chi connectivity index (χ0) is 55.6. The van der Waals surface area contributed by atoms with Crippen molar-refractivity contribution in [2.75, 3.05) is 56.0 Å². The lowest BCUT2D eigenvalue weighted by molar-refractivity contribution is -0.134. The number of hydrogen-bond donors (Lipinski definition) is 10. The lowest BCUT2D eigenvalue weighted by Gasteiger charge is -2.36. The van der Waals surface area contributed by atoms with Gasteiger partial charge < -0.3 is 58.8 Å². The van der Waals surface area contributed by atoms with Crippen LogP contribution in [0.3, 0.4) is 0 Å². The number of anilines is 2. The number of benzene rings is 5. The predicted molar refractivity (Wildman–Crippen MR) is 298 cm³/mol. The molecule has 7 rings (SSSR count). The molecule has 22 heteroatoms. The third kappa shape index (κ3) is 17.1. The van der Waals surface area contributed by atoms with Crippen LogP contribution in [0.1, 0.15) is 48.8 Å². The van der Waals surface area contributed by atoms with Crippen LogP contribution >= 0.6 is 0 Å². The molecule has 13 N–H and O–H groups in total. The quantitative estimate of drug-likeness (QED) is 0.0161. The molecule has 3 atom stereocenters. The minimum absolute atomic E-state index is 0.00349. The number of unbranched alkanes of at least 4 members (excludes halogenated alkanes) is 1. The van der Waals surface area contributed by atoms with E-state index >= 15 is 0 Å². The number of rotatable bonds is 26. The van der Waals surface area contributed by atoms with Crippen molar-refractivity contribution < 1.29 is 41.4 Å². The third-order valence-electron chi connectivity index (χ3n) is 13.3. The van der Waals surface area contributed by atoms with Crippen LogP contribution < -0.4 is 48.7 Å². The second-order valence-corrected chi connectivity index (χ2v) is 20.5. The van der Waals surface area contributed by atoms with Crippen LogP contribution in [-0.2, 0) is 53.6 Å². The van der Waals surface area contributed by atoms with E-state index in [4.69, 9.17) is 17.2 Å². The number of H-pyrrole nitrogens is 1. The highest BCUT2D eigenvalue weighted by molar-refractivity contribution is 7.86. The number of carbonyl (C=O) groups is 5. The molecule has 1 aromatic heterocycles. The molecular weight excluding hydrogens is 1020 g/mol. The Morgan fingerprint density at radius 3 is 2.03 bits per heavy atom. The topological polar surface area (TPSA) is 313 Å². The number of phenolic OH excluding ortho intramolecular Hbond substituents is 1. The van der Waals surface area contributed by atoms with E-state index in [1.807, 2.05) is 66.7 Å². The van der Waals surface area contributed by atoms with Gasteiger partial charge in [-0.2, -0.15) is 8.42 Å². The molecule has 0 radical (unpaired) electrons. The minimum atomic E-state index is -4.76. The number of guanidine groups is 1. The van der Waals surface area contributed by atoms with Gasteiger partial charge in [0.2, 0.25) is 29.5 Å². The highest BCUT2D eigenvalue weighted by atomic mass is 32.3. The molecule has 1 saturated heterocycles. The first-order valence-corrected chi connectivity index (χ1v) is 27.2. The van der Waals surface area contributed by atoms with Crippen molar-refractivity contribution in [3.8, 4) is 16.9 Å². The van der Waals surface area contributed by atoms with E-state index in [0.717, 1.165) is 35.5 Å². The van der Waals surface area contributed by atoms with Crippen LogP contribution in [0.15, 0.2) is 137 Å². The Hall–Kier alpha value is -8.34. The van der Waals surface area contributed by atoms with Crippen LogP contribution in [0.4, 0.5) is 15.3 Å². The first-order valence-electron chi connectivity index (χ1n) is 25.8. The number of halogens is 1. The van der Waals surface area contributed by atoms with Crippen molar-refractivity contribution in [2.24, 2.45) is 22.2 Å². The van der Waals surface area contributed by atoms with Crippen molar-refractivity contribution in [3.63, 3.8) is 0 Å². The summed E-state index contributed by atoms with van der Waals surface area (Å²) in [4.78, 5) is 80.8. The summed E-state index contributed by atoms with van der Waals surface area (Å²) >= 11 is 0. The molecule has 6 aromatic rings. The monoisotopic (exact) mass is 1090 g/mol. The largest absolute Gasteiger partial charge is 0.508 e. The summed E-state index contributed by atoms with van der Waals surface area (Å²) in [7, 11) is -4.76. The molecule has 0 aliphatic carbocycles. The van der Waals surface area contributed by atoms with Crippen LogP contribution in [-0.4, -0.2) is 123 Å². The average molecular weight is 1090 g/mol. The molecule has 3 unspecified atom stereocenters. The number of hydrogen-bond acceptors (Lipinski definition) is 12. The minimum Gasteiger partial charge on any atom is -0.508 e. The number of nitrogens with two attached hydrogens (primary N) is 3. The standard InChI is InChI=1S/C56H67FN12O8S/c57-78(76,77)45-22-13-38(14-23-45)36-68-27-29-69(30-28-68)43-19-17-42(18-20-43)64-52(72)35-63-53(73)48(9-4-5-26-61-56(59)60)66-54(74)49(31-37-11-15-40(16-12-37)39-7-2-1-3-8-39)67-55(75)50(65-51(71)10-6-25-58)32-41-34-62-47-24-21-44(70)33-46(41)47/h1-3,7-8,11-24,33-34,48-50,62,70H,4-6,9-10,25-32,35-36,58H2,(H,63,73)(H,64,72)(H,65,71)(H,66,74)(H,67,75)(H4,59,60,61). The molecule has 1 aliphatic rings. The lowest BCUT2D eigenvalue weighted by Crippen LogP contribution is -2.58. The summed E-state index contributed by atoms with van der Waals surface area (Å²) in [6.07, 6.45) is 3.08. The van der Waals surface area contributed by atoms with E-state index in [9.17, 15) is 41.4 Å². The number of aromatic nitrogens is 1. The van der Waals surface area contributed by atoms with Gasteiger partial charge in [0.25, 0.3) is 0 Å². The molecule has 412 valence electrons. The summed E-state index contributed by atoms with van der Waals surface area (Å²) < 4.78 is 35.7. The molecule has 78 heavy (non-hydrogen) atoms. The van der Waals surface area contributed by atoms with Crippen LogP contribution in [0.2, 0.25) is 0 Å². The first-order chi connectivity index (χ1) is 37.5. The normalized spacial score (nSPS) is 13.9. The van der Waals surface area contributed by atoms with Gasteiger partial charge in [0.05, 0.1) is 11.4 Å². The maximum absolute atomic E-state index is 14.6. The first kappa shape index (κ1) is 57.4. The van der Waals surface area contributed by atoms with Gasteiger partial charge in [-0.3, -0.25) is 33.9 Å². The molecule has 5 aromatic carbocycles. The van der Waals surface area contributed by atoms with E-state index in [-0.39, 0.29) is 55.4 Å². The zero-order valence-corrected chi connectivity index (χ0v) is 43.9. The van der Waals surface area contributed by atoms with Crippen LogP contribution in [0.5, 0.6) is 5.75 Å². The van der Waals surface area contributed by atoms with Gasteiger partial charge in [-0.1, -0.05) is 66.7 Å². The van der Waals surface area contributed by atoms with Gasteiger partial charge in [0, 0.05) is 87.0 Å². The number of aromatic amines is 1. The van der Waals surface area contributed by atoms with E-state index in [1.54, 1.807) is 42.6 Å². The van der Waals surface area contributed by atoms with Gasteiger partial charge in [-0.15, -0.1) is 3.89 Å². The summed E-state index contributed by atoms with van der Waals surface area (Å²) in [6, 6.07) is 31.4.